The standard InChI is InChI=1S/C36H42N6O4/c1-6-22-9-8-10-23(7-2)28(22)20-30(43)34-27-13-11-25-21-37-36(39-32(25)33(27)40-46-34)38-29-14-12-24(19-31(29)45-5)35(44)42-17-15-26(16-18-42)41(3)4/h8-10,12,14,19,21,26H,6-7,11,13,15-18,20H2,1-5H3,(H,37,38,39). The highest BCUT2D eigenvalue weighted by atomic mass is 16.5. The first-order valence-corrected chi connectivity index (χ1v) is 16.2. The minimum atomic E-state index is -0.0679. The second-order valence-corrected chi connectivity index (χ2v) is 12.3. The monoisotopic (exact) mass is 622 g/mol. The van der Waals surface area contributed by atoms with E-state index < -0.39 is 0 Å². The van der Waals surface area contributed by atoms with E-state index in [1.807, 2.05) is 11.0 Å². The maximum atomic E-state index is 13.6. The Morgan fingerprint density at radius 3 is 2.46 bits per heavy atom. The summed E-state index contributed by atoms with van der Waals surface area (Å²) in [5.41, 5.74) is 7.65. The molecule has 1 saturated heterocycles. The number of methoxy groups -OCH3 is 1. The van der Waals surface area contributed by atoms with Crippen LogP contribution in [0.5, 0.6) is 5.75 Å². The third-order valence-corrected chi connectivity index (χ3v) is 9.42. The number of nitrogens with one attached hydrogen (secondary N) is 1. The van der Waals surface area contributed by atoms with Gasteiger partial charge in [-0.05, 0) is 93.1 Å². The average Bonchev–Trinajstić information content (AvgIpc) is 3.53. The summed E-state index contributed by atoms with van der Waals surface area (Å²) < 4.78 is 11.4. The number of rotatable bonds is 10. The Morgan fingerprint density at radius 1 is 1.04 bits per heavy atom. The van der Waals surface area contributed by atoms with Crippen LogP contribution < -0.4 is 10.1 Å². The van der Waals surface area contributed by atoms with Crippen LogP contribution >= 0.6 is 0 Å². The number of aromatic nitrogens is 3. The molecule has 1 amide bonds. The average molecular weight is 623 g/mol. The lowest BCUT2D eigenvalue weighted by Gasteiger charge is -2.35. The summed E-state index contributed by atoms with van der Waals surface area (Å²) in [7, 11) is 5.75. The number of hydrogen-bond acceptors (Lipinski definition) is 9. The number of piperidine rings is 1. The quantitative estimate of drug-likeness (QED) is 0.223. The number of carbonyl (C=O) groups is 2. The largest absolute Gasteiger partial charge is 0.495 e. The molecule has 0 atom stereocenters. The predicted molar refractivity (Wildman–Crippen MR) is 177 cm³/mol. The lowest BCUT2D eigenvalue weighted by Crippen LogP contribution is -2.44. The van der Waals surface area contributed by atoms with Crippen LogP contribution in [0.2, 0.25) is 0 Å². The molecule has 0 radical (unpaired) electrons. The Labute approximate surface area is 270 Å². The van der Waals surface area contributed by atoms with Crippen LogP contribution in [0.25, 0.3) is 11.4 Å². The molecule has 10 heteroatoms. The van der Waals surface area contributed by atoms with Gasteiger partial charge in [0.25, 0.3) is 5.91 Å². The van der Waals surface area contributed by atoms with Crippen molar-refractivity contribution in [2.75, 3.05) is 39.6 Å². The van der Waals surface area contributed by atoms with Crippen molar-refractivity contribution in [1.82, 2.24) is 24.9 Å². The maximum Gasteiger partial charge on any atom is 0.253 e. The Morgan fingerprint density at radius 2 is 1.78 bits per heavy atom. The normalized spacial score (nSPS) is 14.6. The van der Waals surface area contributed by atoms with Crippen LogP contribution in [0.1, 0.15) is 75.4 Å². The fourth-order valence-electron chi connectivity index (χ4n) is 6.70. The van der Waals surface area contributed by atoms with E-state index in [0.29, 0.717) is 59.0 Å². The molecule has 3 heterocycles. The van der Waals surface area contributed by atoms with Crippen LogP contribution in [0.4, 0.5) is 11.6 Å². The number of nitrogens with zero attached hydrogens (tertiary/aromatic N) is 5. The van der Waals surface area contributed by atoms with Crippen molar-refractivity contribution in [1.29, 1.82) is 0 Å². The Kier molecular flexibility index (Phi) is 9.17. The second-order valence-electron chi connectivity index (χ2n) is 12.3. The highest BCUT2D eigenvalue weighted by Gasteiger charge is 2.30. The summed E-state index contributed by atoms with van der Waals surface area (Å²) in [5, 5.41) is 7.59. The molecule has 1 fully saturated rings. The number of Topliss-reactive ketones (excluding diaryl/α,β-unsaturated/α-hetero) is 1. The first-order valence-electron chi connectivity index (χ1n) is 16.2. The Hall–Kier alpha value is -4.57. The zero-order valence-electron chi connectivity index (χ0n) is 27.4. The van der Waals surface area contributed by atoms with Crippen LogP contribution in [-0.2, 0) is 32.1 Å². The maximum absolute atomic E-state index is 13.6. The van der Waals surface area contributed by atoms with Crippen LogP contribution in [0.15, 0.2) is 47.1 Å². The first-order chi connectivity index (χ1) is 22.3. The van der Waals surface area contributed by atoms with E-state index in [1.165, 1.54) is 11.1 Å². The summed E-state index contributed by atoms with van der Waals surface area (Å²) in [6.07, 6.45) is 7.04. The number of hydrogen-bond donors (Lipinski definition) is 1. The summed E-state index contributed by atoms with van der Waals surface area (Å²) >= 11 is 0. The molecule has 240 valence electrons. The summed E-state index contributed by atoms with van der Waals surface area (Å²) in [5.74, 6) is 1.12. The van der Waals surface area contributed by atoms with E-state index in [9.17, 15) is 9.59 Å². The zero-order chi connectivity index (χ0) is 32.4. The van der Waals surface area contributed by atoms with Crippen molar-refractivity contribution < 1.29 is 18.8 Å². The predicted octanol–water partition coefficient (Wildman–Crippen LogP) is 5.70. The van der Waals surface area contributed by atoms with Crippen molar-refractivity contribution in [3.05, 3.63) is 81.7 Å². The van der Waals surface area contributed by atoms with Crippen LogP contribution in [0.3, 0.4) is 0 Å². The number of likely N-dealkylation sites (tertiary alicyclic amines) is 1. The third kappa shape index (κ3) is 6.13. The molecule has 0 unspecified atom stereocenters. The third-order valence-electron chi connectivity index (χ3n) is 9.42. The van der Waals surface area contributed by atoms with Gasteiger partial charge in [0.2, 0.25) is 17.5 Å². The molecular weight excluding hydrogens is 580 g/mol. The molecule has 2 aliphatic rings. The van der Waals surface area contributed by atoms with Crippen molar-refractivity contribution in [3.63, 3.8) is 0 Å². The summed E-state index contributed by atoms with van der Waals surface area (Å²) in [6, 6.07) is 12.1. The van der Waals surface area contributed by atoms with Gasteiger partial charge in [0.15, 0.2) is 0 Å². The van der Waals surface area contributed by atoms with E-state index >= 15 is 0 Å². The number of carbonyl (C=O) groups excluding carboxylic acids is 2. The minimum Gasteiger partial charge on any atom is -0.495 e. The van der Waals surface area contributed by atoms with Gasteiger partial charge in [0.1, 0.15) is 17.1 Å². The fourth-order valence-corrected chi connectivity index (χ4v) is 6.70. The molecule has 4 aromatic rings. The molecule has 2 aromatic heterocycles. The van der Waals surface area contributed by atoms with Crippen molar-refractivity contribution in [3.8, 4) is 17.1 Å². The van der Waals surface area contributed by atoms with Gasteiger partial charge in [0, 0.05) is 42.9 Å². The molecule has 10 nitrogen and oxygen atoms in total. The zero-order valence-corrected chi connectivity index (χ0v) is 27.4. The molecule has 6 rings (SSSR count). The fraction of sp³-hybridized carbons (Fsp3) is 0.417. The first kappa shape index (κ1) is 31.4. The molecule has 0 spiro atoms. The number of anilines is 2. The van der Waals surface area contributed by atoms with E-state index in [4.69, 9.17) is 14.2 Å². The van der Waals surface area contributed by atoms with Gasteiger partial charge in [-0.2, -0.15) is 0 Å². The van der Waals surface area contributed by atoms with Crippen molar-refractivity contribution in [2.45, 2.75) is 64.8 Å². The van der Waals surface area contributed by atoms with Gasteiger partial charge >= 0.3 is 0 Å². The second kappa shape index (κ2) is 13.4. The smallest absolute Gasteiger partial charge is 0.253 e. The van der Waals surface area contributed by atoms with Gasteiger partial charge in [-0.1, -0.05) is 37.2 Å². The molecule has 0 bridgehead atoms. The van der Waals surface area contributed by atoms with Crippen molar-refractivity contribution >= 4 is 23.3 Å². The Balaban J connectivity index is 1.20. The Bertz CT molecular complexity index is 1730. The molecule has 1 aliphatic carbocycles. The molecule has 1 aliphatic heterocycles. The van der Waals surface area contributed by atoms with E-state index in [1.54, 1.807) is 25.4 Å². The number of aryl methyl sites for hydroxylation is 3. The van der Waals surface area contributed by atoms with E-state index in [2.05, 4.69) is 66.5 Å². The van der Waals surface area contributed by atoms with Crippen LogP contribution in [-0.4, -0.2) is 77.0 Å². The lowest BCUT2D eigenvalue weighted by molar-refractivity contribution is 0.0663. The number of ketones is 1. The highest BCUT2D eigenvalue weighted by molar-refractivity contribution is 5.98. The van der Waals surface area contributed by atoms with E-state index in [-0.39, 0.29) is 18.1 Å². The minimum absolute atomic E-state index is 0.0000926. The van der Waals surface area contributed by atoms with E-state index in [0.717, 1.165) is 55.5 Å². The number of benzene rings is 2. The van der Waals surface area contributed by atoms with Gasteiger partial charge in [0.05, 0.1) is 12.8 Å². The molecule has 2 aromatic carbocycles. The molecule has 46 heavy (non-hydrogen) atoms. The summed E-state index contributed by atoms with van der Waals surface area (Å²) in [6.45, 7) is 5.69. The van der Waals surface area contributed by atoms with Gasteiger partial charge in [-0.15, -0.1) is 0 Å². The molecule has 1 N–H and O–H groups in total. The molecular formula is C36H42N6O4. The number of amides is 1. The highest BCUT2D eigenvalue weighted by Crippen LogP contribution is 2.36. The van der Waals surface area contributed by atoms with Gasteiger partial charge < -0.3 is 24.4 Å². The van der Waals surface area contributed by atoms with Gasteiger partial charge in [-0.3, -0.25) is 9.59 Å². The number of ether oxygens (including phenoxy) is 1. The lowest BCUT2D eigenvalue weighted by atomic mass is 9.89. The molecule has 0 saturated carbocycles. The number of fused-ring (bicyclic) bond motifs is 3. The van der Waals surface area contributed by atoms with Crippen LogP contribution in [0, 0.1) is 0 Å². The topological polar surface area (TPSA) is 114 Å². The van der Waals surface area contributed by atoms with Gasteiger partial charge in [-0.25, -0.2) is 9.97 Å². The SMILES string of the molecule is CCc1cccc(CC)c1CC(=O)c1onc2c1CCc1cnc(Nc3ccc(C(=O)N4CCC(N(C)C)CC4)cc3OC)nc1-2. The van der Waals surface area contributed by atoms with Crippen molar-refractivity contribution in [2.24, 2.45) is 0 Å². The summed E-state index contributed by atoms with van der Waals surface area (Å²) in [4.78, 5) is 40.3.